The first-order valence-electron chi connectivity index (χ1n) is 5.17. The van der Waals surface area contributed by atoms with E-state index in [-0.39, 0.29) is 0 Å². The summed E-state index contributed by atoms with van der Waals surface area (Å²) in [5.74, 6) is 0.856. The SMILES string of the molecule is Clc1ccc(-c2cc3cc(Br)ccc3o2)cc1. The number of hydrogen-bond acceptors (Lipinski definition) is 1. The van der Waals surface area contributed by atoms with Gasteiger partial charge in [0.05, 0.1) is 0 Å². The molecule has 3 heteroatoms. The van der Waals surface area contributed by atoms with E-state index in [1.54, 1.807) is 0 Å². The average molecular weight is 308 g/mol. The van der Waals surface area contributed by atoms with Crippen molar-refractivity contribution in [3.8, 4) is 11.3 Å². The van der Waals surface area contributed by atoms with E-state index in [0.29, 0.717) is 0 Å². The second-order valence-electron chi connectivity index (χ2n) is 3.80. The Morgan fingerprint density at radius 2 is 1.71 bits per heavy atom. The molecule has 0 aliphatic rings. The van der Waals surface area contributed by atoms with Gasteiger partial charge in [0.2, 0.25) is 0 Å². The molecule has 1 heterocycles. The molecule has 0 N–H and O–H groups in total. The van der Waals surface area contributed by atoms with Gasteiger partial charge in [0.25, 0.3) is 0 Å². The Morgan fingerprint density at radius 1 is 0.941 bits per heavy atom. The smallest absolute Gasteiger partial charge is 0.135 e. The van der Waals surface area contributed by atoms with Gasteiger partial charge in [-0.2, -0.15) is 0 Å². The van der Waals surface area contributed by atoms with Crippen molar-refractivity contribution >= 4 is 38.5 Å². The summed E-state index contributed by atoms with van der Waals surface area (Å²) in [7, 11) is 0. The van der Waals surface area contributed by atoms with Gasteiger partial charge in [-0.3, -0.25) is 0 Å². The van der Waals surface area contributed by atoms with Crippen LogP contribution in [0.5, 0.6) is 0 Å². The Morgan fingerprint density at radius 3 is 2.47 bits per heavy atom. The van der Waals surface area contributed by atoms with E-state index < -0.39 is 0 Å². The van der Waals surface area contributed by atoms with E-state index >= 15 is 0 Å². The summed E-state index contributed by atoms with van der Waals surface area (Å²) in [6.45, 7) is 0. The van der Waals surface area contributed by atoms with Crippen LogP contribution in [0.2, 0.25) is 5.02 Å². The first-order valence-corrected chi connectivity index (χ1v) is 6.34. The molecule has 0 radical (unpaired) electrons. The molecule has 0 aliphatic carbocycles. The highest BCUT2D eigenvalue weighted by Crippen LogP contribution is 2.30. The number of halogens is 2. The average Bonchev–Trinajstić information content (AvgIpc) is 2.72. The molecule has 0 aliphatic heterocycles. The fraction of sp³-hybridized carbons (Fsp3) is 0. The van der Waals surface area contributed by atoms with Crippen molar-refractivity contribution in [2.24, 2.45) is 0 Å². The largest absolute Gasteiger partial charge is 0.456 e. The second-order valence-corrected chi connectivity index (χ2v) is 5.15. The van der Waals surface area contributed by atoms with Gasteiger partial charge in [-0.15, -0.1) is 0 Å². The van der Waals surface area contributed by atoms with Crippen LogP contribution in [0.4, 0.5) is 0 Å². The van der Waals surface area contributed by atoms with Crippen LogP contribution in [0.25, 0.3) is 22.3 Å². The first-order chi connectivity index (χ1) is 8.22. The first kappa shape index (κ1) is 10.9. The fourth-order valence-electron chi connectivity index (χ4n) is 1.77. The molecule has 0 saturated carbocycles. The Kier molecular flexibility index (Phi) is 2.69. The normalized spacial score (nSPS) is 10.9. The maximum atomic E-state index is 5.86. The third-order valence-corrected chi connectivity index (χ3v) is 3.35. The Bertz CT molecular complexity index is 670. The Balaban J connectivity index is 2.14. The lowest BCUT2D eigenvalue weighted by Crippen LogP contribution is -1.71. The predicted octanol–water partition coefficient (Wildman–Crippen LogP) is 5.52. The minimum absolute atomic E-state index is 0.729. The lowest BCUT2D eigenvalue weighted by Gasteiger charge is -1.95. The number of benzene rings is 2. The highest BCUT2D eigenvalue weighted by atomic mass is 79.9. The lowest BCUT2D eigenvalue weighted by atomic mass is 10.1. The number of furan rings is 1. The van der Waals surface area contributed by atoms with Crippen LogP contribution in [0, 0.1) is 0 Å². The molecule has 0 saturated heterocycles. The van der Waals surface area contributed by atoms with Crippen molar-refractivity contribution in [1.82, 2.24) is 0 Å². The van der Waals surface area contributed by atoms with Gasteiger partial charge in [-0.25, -0.2) is 0 Å². The third-order valence-electron chi connectivity index (χ3n) is 2.61. The van der Waals surface area contributed by atoms with Crippen molar-refractivity contribution in [3.05, 3.63) is 58.0 Å². The molecule has 0 unspecified atom stereocenters. The molecule has 3 rings (SSSR count). The standard InChI is InChI=1S/C14H8BrClO/c15-11-3-6-13-10(7-11)8-14(17-13)9-1-4-12(16)5-2-9/h1-8H. The summed E-state index contributed by atoms with van der Waals surface area (Å²) in [5.41, 5.74) is 1.92. The molecule has 1 aromatic heterocycles. The second kappa shape index (κ2) is 4.21. The van der Waals surface area contributed by atoms with Crippen molar-refractivity contribution in [2.45, 2.75) is 0 Å². The van der Waals surface area contributed by atoms with Crippen LogP contribution in [-0.4, -0.2) is 0 Å². The summed E-state index contributed by atoms with van der Waals surface area (Å²) in [5, 5.41) is 1.82. The third kappa shape index (κ3) is 2.11. The quantitative estimate of drug-likeness (QED) is 0.577. The Hall–Kier alpha value is -1.25. The van der Waals surface area contributed by atoms with Crippen molar-refractivity contribution < 1.29 is 4.42 Å². The van der Waals surface area contributed by atoms with E-state index in [2.05, 4.69) is 15.9 Å². The van der Waals surface area contributed by atoms with Crippen molar-refractivity contribution in [2.75, 3.05) is 0 Å². The van der Waals surface area contributed by atoms with Crippen LogP contribution in [0.1, 0.15) is 0 Å². The van der Waals surface area contributed by atoms with Gasteiger partial charge in [0.15, 0.2) is 0 Å². The van der Waals surface area contributed by atoms with E-state index in [9.17, 15) is 0 Å². The molecular weight excluding hydrogens is 300 g/mol. The Labute approximate surface area is 112 Å². The van der Waals surface area contributed by atoms with Crippen LogP contribution in [-0.2, 0) is 0 Å². The maximum Gasteiger partial charge on any atom is 0.135 e. The topological polar surface area (TPSA) is 13.1 Å². The van der Waals surface area contributed by atoms with E-state index in [4.69, 9.17) is 16.0 Å². The lowest BCUT2D eigenvalue weighted by molar-refractivity contribution is 0.631. The molecule has 2 aromatic carbocycles. The van der Waals surface area contributed by atoms with Crippen molar-refractivity contribution in [3.63, 3.8) is 0 Å². The van der Waals surface area contributed by atoms with E-state index in [1.165, 1.54) is 0 Å². The monoisotopic (exact) mass is 306 g/mol. The zero-order chi connectivity index (χ0) is 11.8. The van der Waals surface area contributed by atoms with E-state index in [1.807, 2.05) is 48.5 Å². The number of fused-ring (bicyclic) bond motifs is 1. The van der Waals surface area contributed by atoms with Crippen LogP contribution < -0.4 is 0 Å². The van der Waals surface area contributed by atoms with Gasteiger partial charge < -0.3 is 4.42 Å². The molecule has 0 amide bonds. The predicted molar refractivity (Wildman–Crippen MR) is 74.4 cm³/mol. The zero-order valence-corrected chi connectivity index (χ0v) is 11.1. The van der Waals surface area contributed by atoms with Crippen LogP contribution in [0.3, 0.4) is 0 Å². The molecule has 3 aromatic rings. The number of rotatable bonds is 1. The molecule has 84 valence electrons. The van der Waals surface area contributed by atoms with Gasteiger partial charge in [0, 0.05) is 20.4 Å². The zero-order valence-electron chi connectivity index (χ0n) is 8.78. The minimum Gasteiger partial charge on any atom is -0.456 e. The van der Waals surface area contributed by atoms with E-state index in [0.717, 1.165) is 31.8 Å². The molecule has 0 spiro atoms. The van der Waals surface area contributed by atoms with Crippen LogP contribution >= 0.6 is 27.5 Å². The molecule has 1 nitrogen and oxygen atoms in total. The summed E-state index contributed by atoms with van der Waals surface area (Å²) in [6.07, 6.45) is 0. The summed E-state index contributed by atoms with van der Waals surface area (Å²) < 4.78 is 6.83. The molecule has 17 heavy (non-hydrogen) atoms. The number of hydrogen-bond donors (Lipinski definition) is 0. The minimum atomic E-state index is 0.729. The summed E-state index contributed by atoms with van der Waals surface area (Å²) in [6, 6.07) is 15.6. The highest BCUT2D eigenvalue weighted by molar-refractivity contribution is 9.10. The molecule has 0 atom stereocenters. The fourth-order valence-corrected chi connectivity index (χ4v) is 2.28. The van der Waals surface area contributed by atoms with Gasteiger partial charge in [0.1, 0.15) is 11.3 Å². The van der Waals surface area contributed by atoms with Crippen LogP contribution in [0.15, 0.2) is 57.4 Å². The summed E-state index contributed by atoms with van der Waals surface area (Å²) in [4.78, 5) is 0. The molecular formula is C14H8BrClO. The van der Waals surface area contributed by atoms with Gasteiger partial charge >= 0.3 is 0 Å². The summed E-state index contributed by atoms with van der Waals surface area (Å²) >= 11 is 9.31. The highest BCUT2D eigenvalue weighted by Gasteiger charge is 2.06. The van der Waals surface area contributed by atoms with Crippen molar-refractivity contribution in [1.29, 1.82) is 0 Å². The maximum absolute atomic E-state index is 5.86. The van der Waals surface area contributed by atoms with Gasteiger partial charge in [-0.1, -0.05) is 27.5 Å². The molecule has 0 bridgehead atoms. The molecule has 0 fully saturated rings. The van der Waals surface area contributed by atoms with Gasteiger partial charge in [-0.05, 0) is 48.5 Å².